The fourth-order valence-electron chi connectivity index (χ4n) is 0.898. The lowest BCUT2D eigenvalue weighted by atomic mass is 10.2. The third kappa shape index (κ3) is 3.36. The zero-order valence-corrected chi connectivity index (χ0v) is 9.12. The summed E-state index contributed by atoms with van der Waals surface area (Å²) >= 11 is 3.36. The summed E-state index contributed by atoms with van der Waals surface area (Å²) in [7, 11) is 0. The van der Waals surface area contributed by atoms with Crippen LogP contribution >= 0.6 is 15.9 Å². The van der Waals surface area contributed by atoms with Crippen LogP contribution in [-0.4, -0.2) is 11.4 Å². The van der Waals surface area contributed by atoms with Crippen LogP contribution in [0.25, 0.3) is 0 Å². The molecule has 0 fully saturated rings. The lowest BCUT2D eigenvalue weighted by Crippen LogP contribution is -2.13. The highest BCUT2D eigenvalue weighted by Crippen LogP contribution is 2.15. The topological polar surface area (TPSA) is 29.5 Å². The number of hydrogen-bond acceptors (Lipinski definition) is 2. The average molecular weight is 245 g/mol. The Balaban J connectivity index is 2.58. The normalized spacial score (nSPS) is 12.5. The molecule has 1 aromatic rings. The van der Waals surface area contributed by atoms with Crippen molar-refractivity contribution in [3.05, 3.63) is 29.8 Å². The van der Waals surface area contributed by atoms with Crippen LogP contribution in [0.5, 0.6) is 5.75 Å². The highest BCUT2D eigenvalue weighted by atomic mass is 79.9. The standard InChI is InChI=1S/C10H13BrO2/c1-2-10(12)13-9-5-3-8(7-11)4-6-9/h3-6,10,12H,2,7H2,1H3. The molecule has 1 N–H and O–H groups in total. The summed E-state index contributed by atoms with van der Waals surface area (Å²) in [6.07, 6.45) is -0.102. The molecular formula is C10H13BrO2. The largest absolute Gasteiger partial charge is 0.465 e. The van der Waals surface area contributed by atoms with E-state index in [1.165, 1.54) is 5.56 Å². The van der Waals surface area contributed by atoms with Gasteiger partial charge in [0.2, 0.25) is 0 Å². The lowest BCUT2D eigenvalue weighted by molar-refractivity contribution is -0.0191. The molecule has 72 valence electrons. The van der Waals surface area contributed by atoms with Gasteiger partial charge in [-0.25, -0.2) is 0 Å². The SMILES string of the molecule is CCC(O)Oc1ccc(CBr)cc1. The lowest BCUT2D eigenvalue weighted by Gasteiger charge is -2.11. The van der Waals surface area contributed by atoms with Crippen molar-refractivity contribution >= 4 is 15.9 Å². The van der Waals surface area contributed by atoms with Crippen LogP contribution in [0, 0.1) is 0 Å². The number of benzene rings is 1. The molecule has 1 unspecified atom stereocenters. The molecule has 0 aliphatic rings. The summed E-state index contributed by atoms with van der Waals surface area (Å²) in [6.45, 7) is 1.87. The number of ether oxygens (including phenoxy) is 1. The second-order valence-corrected chi connectivity index (χ2v) is 3.32. The van der Waals surface area contributed by atoms with Gasteiger partial charge < -0.3 is 9.84 Å². The first-order valence-electron chi connectivity index (χ1n) is 4.26. The maximum absolute atomic E-state index is 9.21. The first-order valence-corrected chi connectivity index (χ1v) is 5.38. The van der Waals surface area contributed by atoms with Gasteiger partial charge >= 0.3 is 0 Å². The Morgan fingerprint density at radius 1 is 1.38 bits per heavy atom. The van der Waals surface area contributed by atoms with Crippen LogP contribution < -0.4 is 4.74 Å². The molecule has 0 amide bonds. The van der Waals surface area contributed by atoms with Crippen LogP contribution in [0.4, 0.5) is 0 Å². The molecule has 0 aromatic heterocycles. The number of aliphatic hydroxyl groups is 1. The molecule has 1 atom stereocenters. The summed E-state index contributed by atoms with van der Waals surface area (Å²) in [4.78, 5) is 0. The van der Waals surface area contributed by atoms with E-state index in [4.69, 9.17) is 4.74 Å². The fraction of sp³-hybridized carbons (Fsp3) is 0.400. The number of aliphatic hydroxyl groups excluding tert-OH is 1. The van der Waals surface area contributed by atoms with Crippen molar-refractivity contribution in [1.29, 1.82) is 0 Å². The minimum absolute atomic E-state index is 0.597. The molecule has 0 bridgehead atoms. The predicted octanol–water partition coefficient (Wildman–Crippen LogP) is 2.69. The van der Waals surface area contributed by atoms with Crippen molar-refractivity contribution in [2.24, 2.45) is 0 Å². The van der Waals surface area contributed by atoms with E-state index in [2.05, 4.69) is 15.9 Å². The number of alkyl halides is 1. The Bertz CT molecular complexity index is 246. The van der Waals surface area contributed by atoms with E-state index >= 15 is 0 Å². The van der Waals surface area contributed by atoms with E-state index in [-0.39, 0.29) is 0 Å². The van der Waals surface area contributed by atoms with Gasteiger partial charge in [-0.2, -0.15) is 0 Å². The molecule has 0 aliphatic carbocycles. The Morgan fingerprint density at radius 2 is 2.00 bits per heavy atom. The number of hydrogen-bond donors (Lipinski definition) is 1. The average Bonchev–Trinajstić information content (AvgIpc) is 2.19. The van der Waals surface area contributed by atoms with Crippen molar-refractivity contribution in [2.45, 2.75) is 25.0 Å². The van der Waals surface area contributed by atoms with Crippen molar-refractivity contribution in [3.63, 3.8) is 0 Å². The smallest absolute Gasteiger partial charge is 0.197 e. The number of halogens is 1. The van der Waals surface area contributed by atoms with Crippen molar-refractivity contribution in [1.82, 2.24) is 0 Å². The van der Waals surface area contributed by atoms with Crippen LogP contribution in [-0.2, 0) is 5.33 Å². The second kappa shape index (κ2) is 5.25. The fourth-order valence-corrected chi connectivity index (χ4v) is 1.27. The van der Waals surface area contributed by atoms with Gasteiger partial charge in [0.15, 0.2) is 6.29 Å². The highest BCUT2D eigenvalue weighted by molar-refractivity contribution is 9.08. The van der Waals surface area contributed by atoms with Crippen molar-refractivity contribution < 1.29 is 9.84 Å². The van der Waals surface area contributed by atoms with Gasteiger partial charge in [0.1, 0.15) is 5.75 Å². The number of rotatable bonds is 4. The van der Waals surface area contributed by atoms with Crippen molar-refractivity contribution in [2.75, 3.05) is 0 Å². The zero-order valence-electron chi connectivity index (χ0n) is 7.53. The summed E-state index contributed by atoms with van der Waals surface area (Å²) in [5.74, 6) is 0.707. The molecule has 2 nitrogen and oxygen atoms in total. The first kappa shape index (κ1) is 10.5. The van der Waals surface area contributed by atoms with Gasteiger partial charge in [0.05, 0.1) is 0 Å². The maximum atomic E-state index is 9.21. The predicted molar refractivity (Wildman–Crippen MR) is 56.0 cm³/mol. The summed E-state index contributed by atoms with van der Waals surface area (Å²) in [5, 5.41) is 10.0. The van der Waals surface area contributed by atoms with E-state index in [0.29, 0.717) is 12.2 Å². The Labute approximate surface area is 86.7 Å². The molecule has 0 saturated heterocycles. The van der Waals surface area contributed by atoms with Gasteiger partial charge in [-0.15, -0.1) is 0 Å². The molecule has 0 aliphatic heterocycles. The molecule has 0 heterocycles. The Morgan fingerprint density at radius 3 is 2.46 bits per heavy atom. The molecule has 1 rings (SSSR count). The maximum Gasteiger partial charge on any atom is 0.197 e. The van der Waals surface area contributed by atoms with Gasteiger partial charge in [0, 0.05) is 11.8 Å². The third-order valence-electron chi connectivity index (χ3n) is 1.70. The van der Waals surface area contributed by atoms with Gasteiger partial charge in [0.25, 0.3) is 0 Å². The highest BCUT2D eigenvalue weighted by Gasteiger charge is 2.01. The van der Waals surface area contributed by atoms with Crippen LogP contribution in [0.3, 0.4) is 0 Å². The molecule has 0 spiro atoms. The van der Waals surface area contributed by atoms with E-state index in [0.717, 1.165) is 5.33 Å². The van der Waals surface area contributed by atoms with E-state index in [1.54, 1.807) is 0 Å². The van der Waals surface area contributed by atoms with Crippen LogP contribution in [0.1, 0.15) is 18.9 Å². The van der Waals surface area contributed by atoms with E-state index in [9.17, 15) is 5.11 Å². The van der Waals surface area contributed by atoms with Gasteiger partial charge in [-0.05, 0) is 17.7 Å². The minimum Gasteiger partial charge on any atom is -0.465 e. The second-order valence-electron chi connectivity index (χ2n) is 2.76. The summed E-state index contributed by atoms with van der Waals surface area (Å²) < 4.78 is 5.20. The summed E-state index contributed by atoms with van der Waals surface area (Å²) in [5.41, 5.74) is 1.19. The summed E-state index contributed by atoms with van der Waals surface area (Å²) in [6, 6.07) is 7.64. The molecular weight excluding hydrogens is 232 g/mol. The zero-order chi connectivity index (χ0) is 9.68. The Hall–Kier alpha value is -0.540. The quantitative estimate of drug-likeness (QED) is 0.652. The third-order valence-corrected chi connectivity index (χ3v) is 2.35. The Kier molecular flexibility index (Phi) is 4.25. The molecule has 0 radical (unpaired) electrons. The molecule has 0 saturated carbocycles. The minimum atomic E-state index is -0.699. The van der Waals surface area contributed by atoms with Crippen molar-refractivity contribution in [3.8, 4) is 5.75 Å². The van der Waals surface area contributed by atoms with Gasteiger partial charge in [-0.3, -0.25) is 0 Å². The molecule has 3 heteroatoms. The van der Waals surface area contributed by atoms with E-state index in [1.807, 2.05) is 31.2 Å². The first-order chi connectivity index (χ1) is 6.26. The van der Waals surface area contributed by atoms with Crippen LogP contribution in [0.15, 0.2) is 24.3 Å². The molecule has 1 aromatic carbocycles. The molecule has 13 heavy (non-hydrogen) atoms. The van der Waals surface area contributed by atoms with Gasteiger partial charge in [-0.1, -0.05) is 35.0 Å². The monoisotopic (exact) mass is 244 g/mol. The van der Waals surface area contributed by atoms with Crippen LogP contribution in [0.2, 0.25) is 0 Å². The van der Waals surface area contributed by atoms with E-state index < -0.39 is 6.29 Å².